The standard InChI is InChI=1S/C14H16F2N2O2.ClH/c15-14(16)9-18(12-7-17-6-11(12)14)13(19)20-8-10-4-2-1-3-5-10;/h1-5,11-12,17H,6-9H2;1H/t11-,12+;/m1./s1. The Balaban J connectivity index is 0.00000161. The zero-order chi connectivity index (χ0) is 14.2. The summed E-state index contributed by atoms with van der Waals surface area (Å²) in [5.74, 6) is -3.63. The number of fused-ring (bicyclic) bond motifs is 1. The lowest BCUT2D eigenvalue weighted by Crippen LogP contribution is -2.39. The molecule has 0 aliphatic carbocycles. The van der Waals surface area contributed by atoms with Gasteiger partial charge in [0.25, 0.3) is 5.92 Å². The number of rotatable bonds is 2. The number of hydrogen-bond donors (Lipinski definition) is 1. The first-order valence-corrected chi connectivity index (χ1v) is 6.64. The average molecular weight is 319 g/mol. The summed E-state index contributed by atoms with van der Waals surface area (Å²) in [7, 11) is 0. The van der Waals surface area contributed by atoms with E-state index in [2.05, 4.69) is 5.32 Å². The van der Waals surface area contributed by atoms with E-state index < -0.39 is 30.5 Å². The highest BCUT2D eigenvalue weighted by atomic mass is 35.5. The van der Waals surface area contributed by atoms with E-state index in [0.29, 0.717) is 6.54 Å². The number of nitrogens with one attached hydrogen (secondary N) is 1. The Bertz CT molecular complexity index is 501. The molecule has 0 bridgehead atoms. The van der Waals surface area contributed by atoms with Gasteiger partial charge in [0.05, 0.1) is 18.5 Å². The van der Waals surface area contributed by atoms with Crippen LogP contribution in [-0.4, -0.2) is 42.6 Å². The van der Waals surface area contributed by atoms with Crippen molar-refractivity contribution in [3.05, 3.63) is 35.9 Å². The Hall–Kier alpha value is -1.40. The first-order valence-electron chi connectivity index (χ1n) is 6.64. The van der Waals surface area contributed by atoms with Gasteiger partial charge in [0, 0.05) is 13.1 Å². The molecular formula is C14H17ClF2N2O2. The monoisotopic (exact) mass is 318 g/mol. The van der Waals surface area contributed by atoms with Gasteiger partial charge in [-0.05, 0) is 5.56 Å². The molecule has 2 saturated heterocycles. The molecule has 0 spiro atoms. The van der Waals surface area contributed by atoms with E-state index in [0.717, 1.165) is 10.5 Å². The largest absolute Gasteiger partial charge is 0.445 e. The maximum Gasteiger partial charge on any atom is 0.410 e. The van der Waals surface area contributed by atoms with Gasteiger partial charge in [0.15, 0.2) is 0 Å². The van der Waals surface area contributed by atoms with Gasteiger partial charge in [-0.2, -0.15) is 0 Å². The van der Waals surface area contributed by atoms with Gasteiger partial charge in [-0.25, -0.2) is 13.6 Å². The van der Waals surface area contributed by atoms with Crippen LogP contribution in [0.25, 0.3) is 0 Å². The first-order chi connectivity index (χ1) is 9.58. The molecule has 116 valence electrons. The molecule has 21 heavy (non-hydrogen) atoms. The third-order valence-corrected chi connectivity index (χ3v) is 3.95. The van der Waals surface area contributed by atoms with Crippen molar-refractivity contribution < 1.29 is 18.3 Å². The Morgan fingerprint density at radius 2 is 2.05 bits per heavy atom. The number of ether oxygens (including phenoxy) is 1. The second-order valence-corrected chi connectivity index (χ2v) is 5.26. The smallest absolute Gasteiger partial charge is 0.410 e. The van der Waals surface area contributed by atoms with E-state index in [4.69, 9.17) is 4.74 Å². The van der Waals surface area contributed by atoms with Gasteiger partial charge < -0.3 is 10.1 Å². The van der Waals surface area contributed by atoms with Crippen molar-refractivity contribution in [1.82, 2.24) is 10.2 Å². The highest BCUT2D eigenvalue weighted by Gasteiger charge is 2.57. The number of hydrogen-bond acceptors (Lipinski definition) is 3. The highest BCUT2D eigenvalue weighted by Crippen LogP contribution is 2.39. The van der Waals surface area contributed by atoms with Crippen LogP contribution in [0.1, 0.15) is 5.56 Å². The molecule has 2 atom stereocenters. The third-order valence-electron chi connectivity index (χ3n) is 3.95. The van der Waals surface area contributed by atoms with Crippen LogP contribution in [0.4, 0.5) is 13.6 Å². The quantitative estimate of drug-likeness (QED) is 0.909. The maximum absolute atomic E-state index is 13.8. The minimum atomic E-state index is -2.83. The van der Waals surface area contributed by atoms with Crippen molar-refractivity contribution in [3.63, 3.8) is 0 Å². The molecule has 0 aromatic heterocycles. The molecule has 2 fully saturated rings. The van der Waals surface area contributed by atoms with Crippen molar-refractivity contribution in [1.29, 1.82) is 0 Å². The number of amides is 1. The summed E-state index contributed by atoms with van der Waals surface area (Å²) in [4.78, 5) is 13.2. The van der Waals surface area contributed by atoms with Crippen LogP contribution < -0.4 is 5.32 Å². The maximum atomic E-state index is 13.8. The molecule has 0 radical (unpaired) electrons. The number of likely N-dealkylation sites (tertiary alicyclic amines) is 1. The van der Waals surface area contributed by atoms with E-state index in [1.165, 1.54) is 0 Å². The minimum Gasteiger partial charge on any atom is -0.445 e. The topological polar surface area (TPSA) is 41.6 Å². The van der Waals surface area contributed by atoms with Gasteiger partial charge in [-0.3, -0.25) is 4.90 Å². The molecule has 0 unspecified atom stereocenters. The summed E-state index contributed by atoms with van der Waals surface area (Å²) in [6, 6.07) is 8.72. The molecule has 3 rings (SSSR count). The molecule has 4 nitrogen and oxygen atoms in total. The van der Waals surface area contributed by atoms with Crippen molar-refractivity contribution in [2.75, 3.05) is 19.6 Å². The molecule has 0 saturated carbocycles. The lowest BCUT2D eigenvalue weighted by Gasteiger charge is -2.21. The van der Waals surface area contributed by atoms with Gasteiger partial charge in [0.1, 0.15) is 6.61 Å². The second-order valence-electron chi connectivity index (χ2n) is 5.26. The molecule has 2 aliphatic rings. The van der Waals surface area contributed by atoms with E-state index in [1.54, 1.807) is 0 Å². The van der Waals surface area contributed by atoms with Crippen molar-refractivity contribution in [2.24, 2.45) is 5.92 Å². The van der Waals surface area contributed by atoms with E-state index >= 15 is 0 Å². The van der Waals surface area contributed by atoms with Crippen LogP contribution in [0.15, 0.2) is 30.3 Å². The minimum absolute atomic E-state index is 0. The van der Waals surface area contributed by atoms with Crippen LogP contribution in [0, 0.1) is 5.92 Å². The van der Waals surface area contributed by atoms with Crippen molar-refractivity contribution in [2.45, 2.75) is 18.6 Å². The normalized spacial score (nSPS) is 26.1. The zero-order valence-electron chi connectivity index (χ0n) is 11.3. The number of nitrogens with zero attached hydrogens (tertiary/aromatic N) is 1. The summed E-state index contributed by atoms with van der Waals surface area (Å²) in [5, 5.41) is 2.91. The number of carbonyl (C=O) groups is 1. The number of halogens is 3. The number of benzene rings is 1. The Morgan fingerprint density at radius 1 is 1.33 bits per heavy atom. The summed E-state index contributed by atoms with van der Waals surface area (Å²) in [6.07, 6.45) is -0.662. The van der Waals surface area contributed by atoms with Crippen molar-refractivity contribution in [3.8, 4) is 0 Å². The molecule has 1 aromatic rings. The van der Waals surface area contributed by atoms with Crippen LogP contribution in [-0.2, 0) is 11.3 Å². The van der Waals surface area contributed by atoms with E-state index in [9.17, 15) is 13.6 Å². The zero-order valence-corrected chi connectivity index (χ0v) is 12.1. The van der Waals surface area contributed by atoms with Crippen LogP contribution in [0.2, 0.25) is 0 Å². The van der Waals surface area contributed by atoms with Gasteiger partial charge in [0.2, 0.25) is 0 Å². The van der Waals surface area contributed by atoms with Gasteiger partial charge >= 0.3 is 6.09 Å². The van der Waals surface area contributed by atoms with Gasteiger partial charge in [-0.15, -0.1) is 12.4 Å². The highest BCUT2D eigenvalue weighted by molar-refractivity contribution is 5.85. The fourth-order valence-electron chi connectivity index (χ4n) is 2.89. The number of carbonyl (C=O) groups excluding carboxylic acids is 1. The summed E-state index contributed by atoms with van der Waals surface area (Å²) >= 11 is 0. The Kier molecular flexibility index (Phi) is 4.68. The van der Waals surface area contributed by atoms with E-state index in [1.807, 2.05) is 30.3 Å². The predicted octanol–water partition coefficient (Wildman–Crippen LogP) is 2.28. The van der Waals surface area contributed by atoms with Crippen LogP contribution in [0.5, 0.6) is 0 Å². The van der Waals surface area contributed by atoms with Crippen molar-refractivity contribution >= 4 is 18.5 Å². The second kappa shape index (κ2) is 6.15. The summed E-state index contributed by atoms with van der Waals surface area (Å²) in [6.45, 7) is 0.213. The van der Waals surface area contributed by atoms with E-state index in [-0.39, 0.29) is 25.6 Å². The lowest BCUT2D eigenvalue weighted by atomic mass is 10.0. The Morgan fingerprint density at radius 3 is 2.76 bits per heavy atom. The van der Waals surface area contributed by atoms with Gasteiger partial charge in [-0.1, -0.05) is 30.3 Å². The molecule has 2 aliphatic heterocycles. The molecule has 2 heterocycles. The number of alkyl halides is 2. The third kappa shape index (κ3) is 3.11. The molecule has 1 aromatic carbocycles. The van der Waals surface area contributed by atoms with Crippen LogP contribution >= 0.6 is 12.4 Å². The molecule has 7 heteroatoms. The predicted molar refractivity (Wildman–Crippen MR) is 75.7 cm³/mol. The fraction of sp³-hybridized carbons (Fsp3) is 0.500. The first kappa shape index (κ1) is 16.0. The SMILES string of the molecule is Cl.O=C(OCc1ccccc1)N1CC(F)(F)[C@@H]2CNC[C@@H]21. The molecular weight excluding hydrogens is 302 g/mol. The molecule has 1 N–H and O–H groups in total. The molecule has 1 amide bonds. The fourth-order valence-corrected chi connectivity index (χ4v) is 2.89. The summed E-state index contributed by atoms with van der Waals surface area (Å²) < 4.78 is 32.7. The Labute approximate surface area is 127 Å². The average Bonchev–Trinajstić information content (AvgIpc) is 3.01. The lowest BCUT2D eigenvalue weighted by molar-refractivity contribution is -0.0244. The summed E-state index contributed by atoms with van der Waals surface area (Å²) in [5.41, 5.74) is 0.841. The van der Waals surface area contributed by atoms with Crippen LogP contribution in [0.3, 0.4) is 0 Å².